The molecular weight excluding hydrogens is 520 g/mol. The summed E-state index contributed by atoms with van der Waals surface area (Å²) in [4.78, 5) is 23.7. The minimum absolute atomic E-state index is 0.158. The van der Waals surface area contributed by atoms with Gasteiger partial charge in [0, 0.05) is 45.1 Å². The molecular formula is C36H24N4O2. The van der Waals surface area contributed by atoms with Crippen molar-refractivity contribution in [2.75, 3.05) is 0 Å². The molecule has 0 saturated carbocycles. The Balaban J connectivity index is 1.46. The van der Waals surface area contributed by atoms with Gasteiger partial charge in [0.1, 0.15) is 11.3 Å². The van der Waals surface area contributed by atoms with Gasteiger partial charge in [-0.2, -0.15) is 0 Å². The molecule has 0 aliphatic rings. The zero-order chi connectivity index (χ0) is 28.4. The number of aromatic nitrogens is 4. The molecule has 0 fully saturated rings. The maximum Gasteiger partial charge on any atom is 0.266 e. The molecule has 0 unspecified atom stereocenters. The van der Waals surface area contributed by atoms with E-state index in [2.05, 4.69) is 24.8 Å². The van der Waals surface area contributed by atoms with Gasteiger partial charge in [0.25, 0.3) is 5.56 Å². The van der Waals surface area contributed by atoms with Crippen LogP contribution in [0.1, 0.15) is 18.2 Å². The third kappa shape index (κ3) is 3.35. The lowest BCUT2D eigenvalue weighted by Gasteiger charge is -2.13. The first-order valence-electron chi connectivity index (χ1n) is 13.8. The summed E-state index contributed by atoms with van der Waals surface area (Å²) in [6.45, 7) is 6.00. The van der Waals surface area contributed by atoms with Gasteiger partial charge in [0.15, 0.2) is 0 Å². The molecule has 6 heteroatoms. The van der Waals surface area contributed by atoms with E-state index in [4.69, 9.17) is 14.4 Å². The first kappa shape index (κ1) is 24.1. The van der Waals surface area contributed by atoms with Crippen LogP contribution in [0.15, 0.2) is 119 Å². The fraction of sp³-hybridized carbons (Fsp3) is 0.0278. The molecule has 0 amide bonds. The molecule has 0 aliphatic heterocycles. The van der Waals surface area contributed by atoms with Gasteiger partial charge in [-0.1, -0.05) is 73.3 Å². The number of para-hydroxylation sites is 3. The number of hydrogen-bond donors (Lipinski definition) is 0. The van der Waals surface area contributed by atoms with Crippen LogP contribution in [0.25, 0.3) is 78.4 Å². The Morgan fingerprint density at radius 1 is 0.762 bits per heavy atom. The molecule has 4 aromatic heterocycles. The molecule has 8 rings (SSSR count). The zero-order valence-electron chi connectivity index (χ0n) is 22.8. The Bertz CT molecular complexity index is 2460. The highest BCUT2D eigenvalue weighted by Gasteiger charge is 2.20. The van der Waals surface area contributed by atoms with Crippen LogP contribution in [0.3, 0.4) is 0 Å². The molecule has 4 aromatic carbocycles. The summed E-state index contributed by atoms with van der Waals surface area (Å²) in [6.07, 6.45) is 7.40. The molecule has 42 heavy (non-hydrogen) atoms. The maximum absolute atomic E-state index is 13.9. The van der Waals surface area contributed by atoms with Crippen LogP contribution >= 0.6 is 0 Å². The average Bonchev–Trinajstić information content (AvgIpc) is 3.54. The molecule has 0 radical (unpaired) electrons. The molecule has 0 atom stereocenters. The number of pyridine rings is 1. The Labute approximate surface area is 240 Å². The van der Waals surface area contributed by atoms with Gasteiger partial charge in [0.05, 0.1) is 27.5 Å². The summed E-state index contributed by atoms with van der Waals surface area (Å²) in [6, 6.07) is 30.0. The molecule has 0 N–H and O–H groups in total. The molecule has 0 saturated heterocycles. The van der Waals surface area contributed by atoms with Crippen molar-refractivity contribution in [3.8, 4) is 11.6 Å². The smallest absolute Gasteiger partial charge is 0.266 e. The topological polar surface area (TPSA) is 65.8 Å². The number of fused-ring (bicyclic) bond motifs is 7. The summed E-state index contributed by atoms with van der Waals surface area (Å²) in [7, 11) is 0. The number of benzene rings is 4. The van der Waals surface area contributed by atoms with Crippen molar-refractivity contribution in [2.45, 2.75) is 6.92 Å². The second kappa shape index (κ2) is 9.14. The van der Waals surface area contributed by atoms with Crippen molar-refractivity contribution < 1.29 is 4.42 Å². The minimum Gasteiger partial charge on any atom is -0.456 e. The monoisotopic (exact) mass is 544 g/mol. The van der Waals surface area contributed by atoms with Crippen LogP contribution in [0.2, 0.25) is 0 Å². The number of nitrogens with zero attached hydrogens (tertiary/aromatic N) is 4. The summed E-state index contributed by atoms with van der Waals surface area (Å²) >= 11 is 0. The first-order valence-corrected chi connectivity index (χ1v) is 13.8. The predicted molar refractivity (Wildman–Crippen MR) is 172 cm³/mol. The Hall–Kier alpha value is -5.75. The van der Waals surface area contributed by atoms with Gasteiger partial charge in [-0.15, -0.1) is 0 Å². The summed E-state index contributed by atoms with van der Waals surface area (Å²) in [5, 5.41) is 4.47. The predicted octanol–water partition coefficient (Wildman–Crippen LogP) is 8.45. The normalized spacial score (nSPS) is 12.0. The third-order valence-corrected chi connectivity index (χ3v) is 7.90. The van der Waals surface area contributed by atoms with Crippen molar-refractivity contribution in [2.24, 2.45) is 0 Å². The Morgan fingerprint density at radius 2 is 1.48 bits per heavy atom. The quantitative estimate of drug-likeness (QED) is 0.209. The molecule has 0 spiro atoms. The van der Waals surface area contributed by atoms with Crippen LogP contribution in [0, 0.1) is 0 Å². The highest BCUT2D eigenvalue weighted by molar-refractivity contribution is 6.14. The van der Waals surface area contributed by atoms with Crippen molar-refractivity contribution in [3.63, 3.8) is 0 Å². The largest absolute Gasteiger partial charge is 0.456 e. The molecule has 200 valence electrons. The van der Waals surface area contributed by atoms with Crippen molar-refractivity contribution in [1.82, 2.24) is 19.1 Å². The van der Waals surface area contributed by atoms with Gasteiger partial charge in [0.2, 0.25) is 5.95 Å². The van der Waals surface area contributed by atoms with Crippen molar-refractivity contribution in [3.05, 3.63) is 132 Å². The first-order chi connectivity index (χ1) is 20.7. The van der Waals surface area contributed by atoms with E-state index >= 15 is 0 Å². The Morgan fingerprint density at radius 3 is 2.24 bits per heavy atom. The number of allylic oxidation sites excluding steroid dienone is 1. The Kier molecular flexibility index (Phi) is 5.24. The van der Waals surface area contributed by atoms with E-state index in [0.29, 0.717) is 16.9 Å². The minimum atomic E-state index is -0.158. The van der Waals surface area contributed by atoms with Gasteiger partial charge < -0.3 is 4.42 Å². The fourth-order valence-corrected chi connectivity index (χ4v) is 6.07. The number of furan rings is 1. The van der Waals surface area contributed by atoms with E-state index < -0.39 is 0 Å². The maximum atomic E-state index is 13.9. The van der Waals surface area contributed by atoms with Crippen LogP contribution in [0.5, 0.6) is 0 Å². The number of rotatable bonds is 4. The second-order valence-corrected chi connectivity index (χ2v) is 10.2. The lowest BCUT2D eigenvalue weighted by atomic mass is 10.1. The fourth-order valence-electron chi connectivity index (χ4n) is 6.07. The molecule has 0 bridgehead atoms. The summed E-state index contributed by atoms with van der Waals surface area (Å²) in [5.74, 6) is 1.26. The van der Waals surface area contributed by atoms with Gasteiger partial charge in [-0.3, -0.25) is 13.9 Å². The molecule has 6 nitrogen and oxygen atoms in total. The van der Waals surface area contributed by atoms with Gasteiger partial charge in [-0.05, 0) is 43.3 Å². The lowest BCUT2D eigenvalue weighted by molar-refractivity contribution is 0.603. The second-order valence-electron chi connectivity index (χ2n) is 10.2. The summed E-state index contributed by atoms with van der Waals surface area (Å²) < 4.78 is 10.0. The average molecular weight is 545 g/mol. The van der Waals surface area contributed by atoms with Crippen LogP contribution < -0.4 is 5.56 Å². The van der Waals surface area contributed by atoms with E-state index in [1.165, 1.54) is 0 Å². The number of hydrogen-bond acceptors (Lipinski definition) is 4. The van der Waals surface area contributed by atoms with E-state index in [-0.39, 0.29) is 5.56 Å². The summed E-state index contributed by atoms with van der Waals surface area (Å²) in [5.41, 5.74) is 5.65. The lowest BCUT2D eigenvalue weighted by Crippen LogP contribution is -2.20. The molecule has 8 aromatic rings. The van der Waals surface area contributed by atoms with Crippen molar-refractivity contribution in [1.29, 1.82) is 0 Å². The van der Waals surface area contributed by atoms with Gasteiger partial charge >= 0.3 is 0 Å². The highest BCUT2D eigenvalue weighted by atomic mass is 16.3. The highest BCUT2D eigenvalue weighted by Crippen LogP contribution is 2.38. The molecule has 4 heterocycles. The van der Waals surface area contributed by atoms with E-state index in [0.717, 1.165) is 60.7 Å². The third-order valence-electron chi connectivity index (χ3n) is 7.90. The van der Waals surface area contributed by atoms with E-state index in [1.807, 2.05) is 103 Å². The standard InChI is InChI=1S/C36H24N4O2/c1-3-12-32-23(4-2)27-19-26-24-15-8-10-17-29(24)40(31(26)20-33(27)42-32)36-37-21-28-34(38-36)25-16-9-11-18-30(25)39(35(28)41)22-13-6-5-7-14-22/h3-21H,2H2,1H3/b12-3-. The zero-order valence-corrected chi connectivity index (χ0v) is 22.8. The van der Waals surface area contributed by atoms with E-state index in [9.17, 15) is 4.79 Å². The molecule has 0 aliphatic carbocycles. The van der Waals surface area contributed by atoms with Gasteiger partial charge in [-0.25, -0.2) is 9.97 Å². The SMILES string of the molecule is C=Cc1c(/C=C\C)oc2cc3c(cc12)c1ccccc1n3-c1ncc2c(=O)n(-c3ccccc3)c3ccccc3c2n1. The van der Waals surface area contributed by atoms with Crippen LogP contribution in [0.4, 0.5) is 0 Å². The van der Waals surface area contributed by atoms with E-state index in [1.54, 1.807) is 10.8 Å². The van der Waals surface area contributed by atoms with Crippen molar-refractivity contribution >= 4 is 66.7 Å². The van der Waals surface area contributed by atoms with Crippen LogP contribution in [-0.4, -0.2) is 19.1 Å². The van der Waals surface area contributed by atoms with Crippen LogP contribution in [-0.2, 0) is 0 Å².